The van der Waals surface area contributed by atoms with Gasteiger partial charge in [0.25, 0.3) is 0 Å². The molecule has 90 valence electrons. The van der Waals surface area contributed by atoms with Crippen LogP contribution < -0.4 is 0 Å². The lowest BCUT2D eigenvalue weighted by Gasteiger charge is -2.07. The highest BCUT2D eigenvalue weighted by molar-refractivity contribution is 5.87. The van der Waals surface area contributed by atoms with E-state index in [-0.39, 0.29) is 18.1 Å². The molecule has 3 nitrogen and oxygen atoms in total. The maximum absolute atomic E-state index is 13.5. The molecule has 1 N–H and O–H groups in total. The SMILES string of the molecule is Cl.O=C(O)c1cc(F)c(-n2cccc2)c(F)c1. The predicted molar refractivity (Wildman–Crippen MR) is 59.9 cm³/mol. The molecule has 0 atom stereocenters. The molecule has 0 aliphatic carbocycles. The summed E-state index contributed by atoms with van der Waals surface area (Å²) >= 11 is 0. The summed E-state index contributed by atoms with van der Waals surface area (Å²) in [5.41, 5.74) is -0.694. The summed E-state index contributed by atoms with van der Waals surface area (Å²) in [5.74, 6) is -3.18. The summed E-state index contributed by atoms with van der Waals surface area (Å²) in [4.78, 5) is 10.6. The lowest BCUT2D eigenvalue weighted by molar-refractivity contribution is 0.0695. The Morgan fingerprint density at radius 2 is 1.59 bits per heavy atom. The Bertz CT molecular complexity index is 517. The second-order valence-electron chi connectivity index (χ2n) is 3.18. The minimum Gasteiger partial charge on any atom is -0.478 e. The molecule has 0 saturated heterocycles. The topological polar surface area (TPSA) is 42.2 Å². The number of aromatic carboxylic acids is 1. The van der Waals surface area contributed by atoms with Gasteiger partial charge in [0, 0.05) is 12.4 Å². The number of carbonyl (C=O) groups is 1. The van der Waals surface area contributed by atoms with Gasteiger partial charge in [-0.15, -0.1) is 12.4 Å². The van der Waals surface area contributed by atoms with Crippen LogP contribution in [0, 0.1) is 11.6 Å². The molecule has 0 saturated carbocycles. The highest BCUT2D eigenvalue weighted by Crippen LogP contribution is 2.19. The molecule has 6 heteroatoms. The zero-order valence-corrected chi connectivity index (χ0v) is 9.25. The van der Waals surface area contributed by atoms with Gasteiger partial charge in [-0.3, -0.25) is 0 Å². The van der Waals surface area contributed by atoms with Gasteiger partial charge in [-0.25, -0.2) is 13.6 Å². The summed E-state index contributed by atoms with van der Waals surface area (Å²) in [6, 6.07) is 4.81. The molecule has 1 aromatic heterocycles. The van der Waals surface area contributed by atoms with Crippen LogP contribution in [0.2, 0.25) is 0 Å². The Labute approximate surface area is 102 Å². The molecule has 0 radical (unpaired) electrons. The molecule has 0 amide bonds. The Hall–Kier alpha value is -1.88. The van der Waals surface area contributed by atoms with Gasteiger partial charge in [0.05, 0.1) is 5.56 Å². The number of halogens is 3. The fraction of sp³-hybridized carbons (Fsp3) is 0. The molecule has 1 heterocycles. The molecule has 1 aromatic carbocycles. The molecule has 0 aliphatic heterocycles. The monoisotopic (exact) mass is 259 g/mol. The molecule has 0 spiro atoms. The molecule has 2 rings (SSSR count). The number of benzene rings is 1. The first-order chi connectivity index (χ1) is 7.59. The molecule has 0 unspecified atom stereocenters. The van der Waals surface area contributed by atoms with E-state index in [0.717, 1.165) is 12.1 Å². The van der Waals surface area contributed by atoms with Crippen molar-refractivity contribution in [3.8, 4) is 5.69 Å². The Balaban J connectivity index is 0.00000144. The van der Waals surface area contributed by atoms with Gasteiger partial charge in [-0.2, -0.15) is 0 Å². The molecular weight excluding hydrogens is 252 g/mol. The van der Waals surface area contributed by atoms with Crippen molar-refractivity contribution in [1.82, 2.24) is 4.57 Å². The predicted octanol–water partition coefficient (Wildman–Crippen LogP) is 2.88. The summed E-state index contributed by atoms with van der Waals surface area (Å²) in [5, 5.41) is 8.62. The Morgan fingerprint density at radius 3 is 2.00 bits per heavy atom. The van der Waals surface area contributed by atoms with Crippen LogP contribution in [0.5, 0.6) is 0 Å². The molecule has 0 fully saturated rings. The van der Waals surface area contributed by atoms with Crippen LogP contribution in [0.3, 0.4) is 0 Å². The summed E-state index contributed by atoms with van der Waals surface area (Å²) in [6.07, 6.45) is 2.95. The first-order valence-electron chi connectivity index (χ1n) is 4.45. The highest BCUT2D eigenvalue weighted by atomic mass is 35.5. The van der Waals surface area contributed by atoms with Crippen molar-refractivity contribution in [3.05, 3.63) is 53.9 Å². The summed E-state index contributed by atoms with van der Waals surface area (Å²) < 4.78 is 28.3. The third-order valence-electron chi connectivity index (χ3n) is 2.13. The van der Waals surface area contributed by atoms with Crippen LogP contribution >= 0.6 is 12.4 Å². The van der Waals surface area contributed by atoms with E-state index >= 15 is 0 Å². The van der Waals surface area contributed by atoms with E-state index in [1.165, 1.54) is 17.0 Å². The second kappa shape index (κ2) is 4.97. The number of carboxylic acids is 1. The largest absolute Gasteiger partial charge is 0.478 e. The number of hydrogen-bond acceptors (Lipinski definition) is 1. The molecule has 0 aliphatic rings. The van der Waals surface area contributed by atoms with Gasteiger partial charge in [0.15, 0.2) is 11.6 Å². The van der Waals surface area contributed by atoms with Crippen LogP contribution in [-0.2, 0) is 0 Å². The van der Waals surface area contributed by atoms with Crippen molar-refractivity contribution in [2.24, 2.45) is 0 Å². The van der Waals surface area contributed by atoms with E-state index in [4.69, 9.17) is 5.11 Å². The Kier molecular flexibility index (Phi) is 3.85. The van der Waals surface area contributed by atoms with Gasteiger partial charge in [-0.1, -0.05) is 0 Å². The van der Waals surface area contributed by atoms with Crippen LogP contribution in [0.1, 0.15) is 10.4 Å². The first-order valence-corrected chi connectivity index (χ1v) is 4.45. The van der Waals surface area contributed by atoms with Crippen LogP contribution in [0.25, 0.3) is 5.69 Å². The fourth-order valence-electron chi connectivity index (χ4n) is 1.42. The van der Waals surface area contributed by atoms with Crippen molar-refractivity contribution in [3.63, 3.8) is 0 Å². The first kappa shape index (κ1) is 13.2. The van der Waals surface area contributed by atoms with E-state index in [2.05, 4.69) is 0 Å². The van der Waals surface area contributed by atoms with Crippen LogP contribution in [0.15, 0.2) is 36.7 Å². The van der Waals surface area contributed by atoms with Gasteiger partial charge in [0.2, 0.25) is 0 Å². The minimum atomic E-state index is -1.36. The Morgan fingerprint density at radius 1 is 1.12 bits per heavy atom. The van der Waals surface area contributed by atoms with Gasteiger partial charge in [0.1, 0.15) is 5.69 Å². The molecular formula is C11H8ClF2NO2. The maximum Gasteiger partial charge on any atom is 0.335 e. The fourth-order valence-corrected chi connectivity index (χ4v) is 1.42. The van der Waals surface area contributed by atoms with Crippen LogP contribution in [-0.4, -0.2) is 15.6 Å². The zero-order chi connectivity index (χ0) is 11.7. The quantitative estimate of drug-likeness (QED) is 0.901. The zero-order valence-electron chi connectivity index (χ0n) is 8.43. The number of nitrogens with zero attached hydrogens (tertiary/aromatic N) is 1. The minimum absolute atomic E-state index is 0. The van der Waals surface area contributed by atoms with Crippen molar-refractivity contribution in [2.75, 3.05) is 0 Å². The lowest BCUT2D eigenvalue weighted by Crippen LogP contribution is -2.04. The van der Waals surface area contributed by atoms with Gasteiger partial charge >= 0.3 is 5.97 Å². The van der Waals surface area contributed by atoms with Crippen LogP contribution in [0.4, 0.5) is 8.78 Å². The van der Waals surface area contributed by atoms with E-state index in [1.54, 1.807) is 12.1 Å². The standard InChI is InChI=1S/C11H7F2NO2.ClH/c12-8-5-7(11(15)16)6-9(13)10(8)14-3-1-2-4-14;/h1-6H,(H,15,16);1H. The van der Waals surface area contributed by atoms with Crippen molar-refractivity contribution in [1.29, 1.82) is 0 Å². The molecule has 2 aromatic rings. The summed E-state index contributed by atoms with van der Waals surface area (Å²) in [7, 11) is 0. The normalized spacial score (nSPS) is 9.76. The number of hydrogen-bond donors (Lipinski definition) is 1. The highest BCUT2D eigenvalue weighted by Gasteiger charge is 2.15. The van der Waals surface area contributed by atoms with E-state index < -0.39 is 23.2 Å². The lowest BCUT2D eigenvalue weighted by atomic mass is 10.2. The molecule has 0 bridgehead atoms. The number of rotatable bonds is 2. The average Bonchev–Trinajstić information content (AvgIpc) is 2.69. The van der Waals surface area contributed by atoms with Crippen molar-refractivity contribution >= 4 is 18.4 Å². The third kappa shape index (κ3) is 2.45. The maximum atomic E-state index is 13.5. The third-order valence-corrected chi connectivity index (χ3v) is 2.13. The smallest absolute Gasteiger partial charge is 0.335 e. The van der Waals surface area contributed by atoms with Crippen molar-refractivity contribution in [2.45, 2.75) is 0 Å². The molecule has 17 heavy (non-hydrogen) atoms. The van der Waals surface area contributed by atoms with E-state index in [0.29, 0.717) is 0 Å². The van der Waals surface area contributed by atoms with E-state index in [9.17, 15) is 13.6 Å². The summed E-state index contributed by atoms with van der Waals surface area (Å²) in [6.45, 7) is 0. The van der Waals surface area contributed by atoms with E-state index in [1.807, 2.05) is 0 Å². The number of carboxylic acid groups (broad SMARTS) is 1. The van der Waals surface area contributed by atoms with Gasteiger partial charge < -0.3 is 9.67 Å². The second-order valence-corrected chi connectivity index (χ2v) is 3.18. The van der Waals surface area contributed by atoms with Gasteiger partial charge in [-0.05, 0) is 24.3 Å². The number of aromatic nitrogens is 1. The average molecular weight is 260 g/mol. The van der Waals surface area contributed by atoms with Crippen molar-refractivity contribution < 1.29 is 18.7 Å².